The van der Waals surface area contributed by atoms with Gasteiger partial charge in [-0.25, -0.2) is 4.39 Å². The molecule has 0 radical (unpaired) electrons. The maximum atomic E-state index is 13.1. The average Bonchev–Trinajstić information content (AvgIpc) is 3.22. The number of carbonyl (C=O) groups excluding carboxylic acids is 3. The number of hydrogen-bond acceptors (Lipinski definition) is 4. The highest BCUT2D eigenvalue weighted by Crippen LogP contribution is 2.29. The molecule has 0 bridgehead atoms. The number of halogens is 1. The second kappa shape index (κ2) is 10.1. The van der Waals surface area contributed by atoms with Crippen LogP contribution < -0.4 is 5.32 Å². The van der Waals surface area contributed by atoms with Crippen LogP contribution in [0.25, 0.3) is 0 Å². The summed E-state index contributed by atoms with van der Waals surface area (Å²) in [7, 11) is 0. The zero-order chi connectivity index (χ0) is 23.4. The third kappa shape index (κ3) is 5.57. The third-order valence-corrected chi connectivity index (χ3v) is 6.44. The molecule has 2 aliphatic rings. The van der Waals surface area contributed by atoms with Crippen molar-refractivity contribution in [2.75, 3.05) is 44.6 Å². The Kier molecular flexibility index (Phi) is 7.03. The summed E-state index contributed by atoms with van der Waals surface area (Å²) in [5.41, 5.74) is 1.61. The molecule has 2 atom stereocenters. The molecule has 2 unspecified atom stereocenters. The van der Waals surface area contributed by atoms with Gasteiger partial charge in [0, 0.05) is 44.8 Å². The number of nitrogens with one attached hydrogen (secondary N) is 1. The average molecular weight is 453 g/mol. The zero-order valence-electron chi connectivity index (χ0n) is 18.7. The summed E-state index contributed by atoms with van der Waals surface area (Å²) in [6.07, 6.45) is 0.246. The SMILES string of the molecule is CC(c1ccccc1)N1CC(C(=O)N2CCN(CC(=O)Nc3ccc(F)cc3)CC2)CC1=O. The van der Waals surface area contributed by atoms with Gasteiger partial charge in [0.2, 0.25) is 17.7 Å². The minimum atomic E-state index is -0.351. The molecule has 1 N–H and O–H groups in total. The van der Waals surface area contributed by atoms with Crippen LogP contribution in [0.3, 0.4) is 0 Å². The molecule has 7 nitrogen and oxygen atoms in total. The van der Waals surface area contributed by atoms with Gasteiger partial charge in [-0.1, -0.05) is 30.3 Å². The van der Waals surface area contributed by atoms with E-state index in [0.29, 0.717) is 38.4 Å². The normalized spacial score (nSPS) is 20.1. The second-order valence-corrected chi connectivity index (χ2v) is 8.69. The van der Waals surface area contributed by atoms with Gasteiger partial charge in [0.05, 0.1) is 18.5 Å². The van der Waals surface area contributed by atoms with Crippen LogP contribution >= 0.6 is 0 Å². The van der Waals surface area contributed by atoms with Crippen LogP contribution in [-0.2, 0) is 14.4 Å². The van der Waals surface area contributed by atoms with Crippen LogP contribution in [0.5, 0.6) is 0 Å². The second-order valence-electron chi connectivity index (χ2n) is 8.69. The van der Waals surface area contributed by atoms with Gasteiger partial charge in [-0.05, 0) is 36.8 Å². The molecule has 0 spiro atoms. The van der Waals surface area contributed by atoms with E-state index in [4.69, 9.17) is 0 Å². The largest absolute Gasteiger partial charge is 0.340 e. The van der Waals surface area contributed by atoms with Crippen molar-refractivity contribution in [1.29, 1.82) is 0 Å². The Hall–Kier alpha value is -3.26. The van der Waals surface area contributed by atoms with Gasteiger partial charge in [0.15, 0.2) is 0 Å². The molecule has 0 aromatic heterocycles. The fourth-order valence-electron chi connectivity index (χ4n) is 4.50. The number of amides is 3. The Morgan fingerprint density at radius 3 is 2.36 bits per heavy atom. The predicted octanol–water partition coefficient (Wildman–Crippen LogP) is 2.52. The van der Waals surface area contributed by atoms with Crippen LogP contribution in [0, 0.1) is 11.7 Å². The van der Waals surface area contributed by atoms with Gasteiger partial charge < -0.3 is 15.1 Å². The van der Waals surface area contributed by atoms with Gasteiger partial charge in [-0.15, -0.1) is 0 Å². The number of rotatable bonds is 6. The topological polar surface area (TPSA) is 73.0 Å². The van der Waals surface area contributed by atoms with Crippen molar-refractivity contribution >= 4 is 23.4 Å². The van der Waals surface area contributed by atoms with E-state index in [-0.39, 0.29) is 48.5 Å². The predicted molar refractivity (Wildman–Crippen MR) is 123 cm³/mol. The minimum absolute atomic E-state index is 0.0146. The number of likely N-dealkylation sites (tertiary alicyclic amines) is 1. The maximum absolute atomic E-state index is 13.1. The molecular weight excluding hydrogens is 423 g/mol. The number of carbonyl (C=O) groups is 3. The number of benzene rings is 2. The highest BCUT2D eigenvalue weighted by atomic mass is 19.1. The zero-order valence-corrected chi connectivity index (χ0v) is 18.7. The first-order chi connectivity index (χ1) is 15.9. The Labute approximate surface area is 193 Å². The van der Waals surface area contributed by atoms with Crippen molar-refractivity contribution in [3.8, 4) is 0 Å². The Morgan fingerprint density at radius 2 is 1.70 bits per heavy atom. The van der Waals surface area contributed by atoms with Crippen LogP contribution in [-0.4, -0.2) is 71.7 Å². The number of nitrogens with zero attached hydrogens (tertiary/aromatic N) is 3. The standard InChI is InChI=1S/C25H29FN4O3/c1-18(19-5-3-2-4-6-19)30-16-20(15-24(30)32)25(33)29-13-11-28(12-14-29)17-23(31)27-22-9-7-21(26)8-10-22/h2-10,18,20H,11-17H2,1H3,(H,27,31). The molecule has 4 rings (SSSR count). The van der Waals surface area contributed by atoms with Crippen molar-refractivity contribution in [3.63, 3.8) is 0 Å². The number of anilines is 1. The molecule has 2 aromatic rings. The van der Waals surface area contributed by atoms with Crippen molar-refractivity contribution in [2.45, 2.75) is 19.4 Å². The summed E-state index contributed by atoms with van der Waals surface area (Å²) in [6.45, 7) is 4.89. The van der Waals surface area contributed by atoms with Crippen LogP contribution in [0.2, 0.25) is 0 Å². The Bertz CT molecular complexity index is 990. The lowest BCUT2D eigenvalue weighted by atomic mass is 10.1. The van der Waals surface area contributed by atoms with Gasteiger partial charge >= 0.3 is 0 Å². The summed E-state index contributed by atoms with van der Waals surface area (Å²) < 4.78 is 13.0. The van der Waals surface area contributed by atoms with E-state index in [2.05, 4.69) is 5.32 Å². The fourth-order valence-corrected chi connectivity index (χ4v) is 4.50. The number of hydrogen-bond donors (Lipinski definition) is 1. The maximum Gasteiger partial charge on any atom is 0.238 e. The van der Waals surface area contributed by atoms with Gasteiger partial charge in [-0.3, -0.25) is 19.3 Å². The molecule has 3 amide bonds. The lowest BCUT2D eigenvalue weighted by Crippen LogP contribution is -2.52. The van der Waals surface area contributed by atoms with Gasteiger partial charge in [0.1, 0.15) is 5.82 Å². The molecule has 2 saturated heterocycles. The summed E-state index contributed by atoms with van der Waals surface area (Å²) in [5, 5.41) is 2.76. The fraction of sp³-hybridized carbons (Fsp3) is 0.400. The van der Waals surface area contributed by atoms with E-state index in [1.807, 2.05) is 47.1 Å². The molecule has 2 aromatic carbocycles. The van der Waals surface area contributed by atoms with E-state index in [1.54, 1.807) is 4.90 Å². The van der Waals surface area contributed by atoms with E-state index in [0.717, 1.165) is 5.56 Å². The van der Waals surface area contributed by atoms with Crippen LogP contribution in [0.15, 0.2) is 54.6 Å². The molecule has 0 aliphatic carbocycles. The highest BCUT2D eigenvalue weighted by molar-refractivity contribution is 5.92. The van der Waals surface area contributed by atoms with Crippen molar-refractivity contribution < 1.29 is 18.8 Å². The van der Waals surface area contributed by atoms with Gasteiger partial charge in [-0.2, -0.15) is 0 Å². The van der Waals surface area contributed by atoms with Gasteiger partial charge in [0.25, 0.3) is 0 Å². The third-order valence-electron chi connectivity index (χ3n) is 6.44. The van der Waals surface area contributed by atoms with E-state index in [9.17, 15) is 18.8 Å². The minimum Gasteiger partial charge on any atom is -0.340 e. The van der Waals surface area contributed by atoms with E-state index in [1.165, 1.54) is 24.3 Å². The quantitative estimate of drug-likeness (QED) is 0.731. The molecule has 0 saturated carbocycles. The van der Waals surface area contributed by atoms with Crippen LogP contribution in [0.4, 0.5) is 10.1 Å². The summed E-state index contributed by atoms with van der Waals surface area (Å²) in [5.74, 6) is -0.817. The summed E-state index contributed by atoms with van der Waals surface area (Å²) >= 11 is 0. The smallest absolute Gasteiger partial charge is 0.238 e. The Morgan fingerprint density at radius 1 is 1.03 bits per heavy atom. The molecule has 33 heavy (non-hydrogen) atoms. The lowest BCUT2D eigenvalue weighted by molar-refractivity contribution is -0.137. The molecule has 8 heteroatoms. The molecule has 2 fully saturated rings. The van der Waals surface area contributed by atoms with Crippen LogP contribution in [0.1, 0.15) is 24.9 Å². The van der Waals surface area contributed by atoms with E-state index < -0.39 is 0 Å². The highest BCUT2D eigenvalue weighted by Gasteiger charge is 2.39. The van der Waals surface area contributed by atoms with Crippen molar-refractivity contribution in [3.05, 3.63) is 66.0 Å². The first-order valence-electron chi connectivity index (χ1n) is 11.3. The molecule has 2 aliphatic heterocycles. The van der Waals surface area contributed by atoms with Crippen molar-refractivity contribution in [2.24, 2.45) is 5.92 Å². The molecule has 2 heterocycles. The summed E-state index contributed by atoms with van der Waals surface area (Å²) in [4.78, 5) is 43.6. The van der Waals surface area contributed by atoms with E-state index >= 15 is 0 Å². The lowest BCUT2D eigenvalue weighted by Gasteiger charge is -2.35. The molecular formula is C25H29FN4O3. The van der Waals surface area contributed by atoms with Crippen molar-refractivity contribution in [1.82, 2.24) is 14.7 Å². The Balaban J connectivity index is 1.25. The molecule has 174 valence electrons. The monoisotopic (exact) mass is 452 g/mol. The first-order valence-corrected chi connectivity index (χ1v) is 11.3. The number of piperazine rings is 1. The summed E-state index contributed by atoms with van der Waals surface area (Å²) in [6, 6.07) is 15.4. The first kappa shape index (κ1) is 22.9.